The fraction of sp³-hybridized carbons (Fsp3) is 0.857. The lowest BCUT2D eigenvalue weighted by atomic mass is 10.0. The van der Waals surface area contributed by atoms with E-state index in [9.17, 15) is 14.2 Å². The van der Waals surface area contributed by atoms with E-state index < -0.39 is 7.82 Å². The molecule has 130 valence electrons. The quantitative estimate of drug-likeness (QED) is 0.330. The lowest BCUT2D eigenvalue weighted by Gasteiger charge is -2.07. The standard InChI is InChI=1S/C14H28NO6P/c1-12(2)13(16)8-7-9-14(17)15-10-5-3-4-6-11-21-22(18,19)20/h12H,3-11H2,1-2H3,(H,15,17)(H2,18,19,20)/i/hT. The molecule has 0 saturated heterocycles. The highest BCUT2D eigenvalue weighted by atomic mass is 31.2. The van der Waals surface area contributed by atoms with E-state index in [-0.39, 0.29) is 24.2 Å². The van der Waals surface area contributed by atoms with E-state index >= 15 is 0 Å². The van der Waals surface area contributed by atoms with Crippen LogP contribution >= 0.6 is 7.82 Å². The van der Waals surface area contributed by atoms with Gasteiger partial charge in [-0.05, 0) is 19.3 Å². The van der Waals surface area contributed by atoms with Gasteiger partial charge < -0.3 is 15.1 Å². The van der Waals surface area contributed by atoms with Crippen molar-refractivity contribution < 1.29 is 28.5 Å². The Morgan fingerprint density at radius 3 is 2.50 bits per heavy atom. The van der Waals surface area contributed by atoms with E-state index in [1.54, 1.807) is 0 Å². The summed E-state index contributed by atoms with van der Waals surface area (Å²) in [5.41, 5.74) is 0. The molecule has 0 rings (SSSR count). The summed E-state index contributed by atoms with van der Waals surface area (Å²) >= 11 is 0. The minimum Gasteiger partial charge on any atom is -0.356 e. The molecule has 0 aliphatic carbocycles. The maximum atomic E-state index is 11.5. The van der Waals surface area contributed by atoms with Crippen LogP contribution in [-0.2, 0) is 18.7 Å². The van der Waals surface area contributed by atoms with Crippen LogP contribution in [0.1, 0.15) is 58.8 Å². The van der Waals surface area contributed by atoms with Gasteiger partial charge in [-0.3, -0.25) is 14.1 Å². The van der Waals surface area contributed by atoms with Crippen molar-refractivity contribution in [3.8, 4) is 0 Å². The van der Waals surface area contributed by atoms with Crippen LogP contribution in [0.5, 0.6) is 0 Å². The molecule has 0 aliphatic heterocycles. The molecule has 1 unspecified atom stereocenters. The van der Waals surface area contributed by atoms with Gasteiger partial charge in [-0.15, -0.1) is 0 Å². The molecule has 3 N–H and O–H groups in total. The lowest BCUT2D eigenvalue weighted by molar-refractivity contribution is -0.122. The summed E-state index contributed by atoms with van der Waals surface area (Å²) in [6.45, 7) is 4.34. The number of rotatable bonds is 14. The molecule has 0 aromatic rings. The molecule has 0 saturated carbocycles. The Labute approximate surface area is 133 Å². The summed E-state index contributed by atoms with van der Waals surface area (Å²) < 4.78 is 21.6. The lowest BCUT2D eigenvalue weighted by Crippen LogP contribution is -2.24. The van der Waals surface area contributed by atoms with Crippen molar-refractivity contribution in [1.29, 1.82) is 1.43 Å². The Morgan fingerprint density at radius 2 is 1.86 bits per heavy atom. The number of hydrogen-bond donors (Lipinski definition) is 3. The topological polar surface area (TPSA) is 113 Å². The Morgan fingerprint density at radius 1 is 1.18 bits per heavy atom. The Bertz CT molecular complexity index is 405. The maximum Gasteiger partial charge on any atom is 0.469 e. The molecule has 22 heavy (non-hydrogen) atoms. The highest BCUT2D eigenvalue weighted by Crippen LogP contribution is 2.35. The van der Waals surface area contributed by atoms with Gasteiger partial charge in [0.1, 0.15) is 5.78 Å². The van der Waals surface area contributed by atoms with Crippen molar-refractivity contribution in [3.63, 3.8) is 0 Å². The van der Waals surface area contributed by atoms with Gasteiger partial charge >= 0.3 is 7.82 Å². The maximum absolute atomic E-state index is 11.5. The third kappa shape index (κ3) is 14.2. The molecule has 1 atom stereocenters. The summed E-state index contributed by atoms with van der Waals surface area (Å²) in [7, 11) is -4.19. The van der Waals surface area contributed by atoms with Crippen LogP contribution in [0.2, 0.25) is 0 Å². The highest BCUT2D eigenvalue weighted by molar-refractivity contribution is 7.46. The first-order valence-electron chi connectivity index (χ1n) is 8.11. The van der Waals surface area contributed by atoms with Crippen LogP contribution in [0.15, 0.2) is 0 Å². The molecule has 0 aliphatic rings. The van der Waals surface area contributed by atoms with Crippen LogP contribution in [-0.4, -0.2) is 36.1 Å². The molecule has 8 heteroatoms. The predicted octanol–water partition coefficient (Wildman–Crippen LogP) is 2.17. The SMILES string of the molecule is [3H]OP(=O)(O)OCCCCCCNC(=O)CCCC(=O)C(C)C. The van der Waals surface area contributed by atoms with Crippen LogP contribution in [0.4, 0.5) is 0 Å². The normalized spacial score (nSPS) is 14.5. The number of amides is 1. The van der Waals surface area contributed by atoms with Crippen LogP contribution < -0.4 is 5.32 Å². The molecule has 0 fully saturated rings. The van der Waals surface area contributed by atoms with Gasteiger partial charge in [-0.25, -0.2) is 4.57 Å². The first kappa shape index (κ1) is 19.3. The number of unbranched alkanes of at least 4 members (excludes halogenated alkanes) is 3. The Balaban J connectivity index is 3.43. The molecule has 7 nitrogen and oxygen atoms in total. The van der Waals surface area contributed by atoms with Gasteiger partial charge in [-0.2, -0.15) is 0 Å². The molecule has 1 amide bonds. The van der Waals surface area contributed by atoms with Gasteiger partial charge in [0, 0.05) is 25.3 Å². The number of phosphoric ester groups is 1. The van der Waals surface area contributed by atoms with E-state index in [4.69, 9.17) is 6.32 Å². The Kier molecular flexibility index (Phi) is 10.3. The molecule has 0 bridgehead atoms. The van der Waals surface area contributed by atoms with Crippen LogP contribution in [0.25, 0.3) is 0 Å². The van der Waals surface area contributed by atoms with Gasteiger partial charge in [0.25, 0.3) is 0 Å². The predicted molar refractivity (Wildman–Crippen MR) is 83.2 cm³/mol. The second-order valence-electron chi connectivity index (χ2n) is 5.54. The van der Waals surface area contributed by atoms with E-state index in [0.29, 0.717) is 32.2 Å². The molecular formula is C14H28NO6P. The molecule has 0 spiro atoms. The second-order valence-corrected chi connectivity index (χ2v) is 6.74. The fourth-order valence-corrected chi connectivity index (χ4v) is 2.15. The third-order valence-corrected chi connectivity index (χ3v) is 3.63. The van der Waals surface area contributed by atoms with Crippen molar-refractivity contribution >= 4 is 19.5 Å². The van der Waals surface area contributed by atoms with Crippen molar-refractivity contribution in [1.82, 2.24) is 5.32 Å². The van der Waals surface area contributed by atoms with E-state index in [1.807, 2.05) is 13.8 Å². The van der Waals surface area contributed by atoms with Crippen LogP contribution in [0, 0.1) is 5.92 Å². The molecule has 0 heterocycles. The zero-order valence-corrected chi connectivity index (χ0v) is 14.3. The minimum atomic E-state index is -4.19. The molecule has 0 aromatic heterocycles. The minimum absolute atomic E-state index is 0.0226. The van der Waals surface area contributed by atoms with Crippen molar-refractivity contribution in [2.75, 3.05) is 13.2 Å². The number of carbonyl (C=O) groups is 2. The van der Waals surface area contributed by atoms with Crippen LogP contribution in [0.3, 0.4) is 0 Å². The average molecular weight is 339 g/mol. The number of carbonyl (C=O) groups excluding carboxylic acids is 2. The first-order valence-corrected chi connectivity index (χ1v) is 9.19. The highest BCUT2D eigenvalue weighted by Gasteiger charge is 2.12. The summed E-state index contributed by atoms with van der Waals surface area (Å²) in [5, 5.41) is 2.80. The Hall–Kier alpha value is -0.750. The number of hydrogen-bond acceptors (Lipinski definition) is 5. The van der Waals surface area contributed by atoms with Crippen molar-refractivity contribution in [2.45, 2.75) is 58.8 Å². The van der Waals surface area contributed by atoms with Gasteiger partial charge in [0.2, 0.25) is 7.34 Å². The zero-order chi connectivity index (χ0) is 17.7. The molecule has 0 radical (unpaired) electrons. The summed E-state index contributed by atoms with van der Waals surface area (Å²) in [6, 6.07) is 0. The van der Waals surface area contributed by atoms with E-state index in [0.717, 1.165) is 19.3 Å². The van der Waals surface area contributed by atoms with Gasteiger partial charge in [0.15, 0.2) is 0 Å². The van der Waals surface area contributed by atoms with E-state index in [1.165, 1.54) is 0 Å². The summed E-state index contributed by atoms with van der Waals surface area (Å²) in [4.78, 5) is 35.3. The molecular weight excluding hydrogens is 309 g/mol. The second kappa shape index (κ2) is 11.8. The molecule has 0 aromatic carbocycles. The average Bonchev–Trinajstić information content (AvgIpc) is 2.49. The zero-order valence-electron chi connectivity index (χ0n) is 14.4. The van der Waals surface area contributed by atoms with Crippen molar-refractivity contribution in [2.24, 2.45) is 5.92 Å². The number of phosphoric acid groups is 1. The largest absolute Gasteiger partial charge is 0.469 e. The van der Waals surface area contributed by atoms with Gasteiger partial charge in [-0.1, -0.05) is 26.7 Å². The van der Waals surface area contributed by atoms with Gasteiger partial charge in [0.05, 0.1) is 6.61 Å². The summed E-state index contributed by atoms with van der Waals surface area (Å²) in [6.07, 6.45) is 4.43. The third-order valence-electron chi connectivity index (χ3n) is 3.12. The number of ketones is 1. The fourth-order valence-electron chi connectivity index (χ4n) is 1.79. The number of nitrogens with one attached hydrogen (secondary N) is 1. The van der Waals surface area contributed by atoms with Crippen molar-refractivity contribution in [3.05, 3.63) is 0 Å². The van der Waals surface area contributed by atoms with E-state index in [2.05, 4.69) is 14.7 Å². The summed E-state index contributed by atoms with van der Waals surface area (Å²) in [5.74, 6) is 0.163. The monoisotopic (exact) mass is 339 g/mol. The smallest absolute Gasteiger partial charge is 0.356 e. The number of Topliss-reactive ketones (excluding diaryl/α,β-unsaturated/α-hetero) is 1. The first-order chi connectivity index (χ1) is 10.8.